The molecule has 1 aliphatic rings. The molecule has 0 aromatic heterocycles. The summed E-state index contributed by atoms with van der Waals surface area (Å²) in [5.74, 6) is 0.416. The molecule has 13 heavy (non-hydrogen) atoms. The average Bonchev–Trinajstić information content (AvgIpc) is 2.11. The molecule has 1 heteroatoms. The summed E-state index contributed by atoms with van der Waals surface area (Å²) in [4.78, 5) is 11.7. The largest absolute Gasteiger partial charge is 0.295 e. The summed E-state index contributed by atoms with van der Waals surface area (Å²) >= 11 is 0. The highest BCUT2D eigenvalue weighted by Crippen LogP contribution is 2.22. The summed E-state index contributed by atoms with van der Waals surface area (Å²) in [7, 11) is 0. The number of ketones is 1. The summed E-state index contributed by atoms with van der Waals surface area (Å²) in [5.41, 5.74) is 2.45. The maximum atomic E-state index is 11.7. The van der Waals surface area contributed by atoms with Gasteiger partial charge < -0.3 is 0 Å². The molecule has 0 amide bonds. The first-order valence-electron chi connectivity index (χ1n) is 5.47. The predicted octanol–water partition coefficient (Wildman–Crippen LogP) is 3.64. The molecular formula is C12H20O. The average molecular weight is 180 g/mol. The predicted molar refractivity (Wildman–Crippen MR) is 55.7 cm³/mol. The molecule has 1 saturated carbocycles. The first-order valence-corrected chi connectivity index (χ1v) is 5.47. The lowest BCUT2D eigenvalue weighted by Crippen LogP contribution is -2.07. The van der Waals surface area contributed by atoms with E-state index in [2.05, 4.69) is 13.8 Å². The number of allylic oxidation sites excluding steroid dienone is 2. The van der Waals surface area contributed by atoms with Crippen molar-refractivity contribution in [2.45, 2.75) is 58.8 Å². The minimum Gasteiger partial charge on any atom is -0.295 e. The minimum absolute atomic E-state index is 0.416. The Morgan fingerprint density at radius 2 is 1.77 bits per heavy atom. The highest BCUT2D eigenvalue weighted by atomic mass is 16.1. The highest BCUT2D eigenvalue weighted by Gasteiger charge is 2.13. The number of carbonyl (C=O) groups excluding carboxylic acids is 1. The lowest BCUT2D eigenvalue weighted by Gasteiger charge is -2.13. The third kappa shape index (κ3) is 2.98. The van der Waals surface area contributed by atoms with E-state index in [9.17, 15) is 4.79 Å². The van der Waals surface area contributed by atoms with Crippen LogP contribution in [0.4, 0.5) is 0 Å². The maximum absolute atomic E-state index is 11.7. The van der Waals surface area contributed by atoms with E-state index in [1.807, 2.05) is 0 Å². The van der Waals surface area contributed by atoms with E-state index in [4.69, 9.17) is 0 Å². The smallest absolute Gasteiger partial charge is 0.158 e. The van der Waals surface area contributed by atoms with Crippen LogP contribution in [0.15, 0.2) is 11.1 Å². The molecule has 0 heterocycles. The number of rotatable bonds is 1. The molecule has 0 aromatic rings. The quantitative estimate of drug-likeness (QED) is 0.563. The second kappa shape index (κ2) is 5.21. The Morgan fingerprint density at radius 3 is 2.38 bits per heavy atom. The van der Waals surface area contributed by atoms with Gasteiger partial charge in [0.2, 0.25) is 0 Å². The lowest BCUT2D eigenvalue weighted by molar-refractivity contribution is -0.116. The van der Waals surface area contributed by atoms with E-state index in [1.54, 1.807) is 0 Å². The van der Waals surface area contributed by atoms with Gasteiger partial charge in [0, 0.05) is 6.42 Å². The van der Waals surface area contributed by atoms with Gasteiger partial charge in [-0.05, 0) is 38.2 Å². The van der Waals surface area contributed by atoms with Gasteiger partial charge in [-0.3, -0.25) is 4.79 Å². The first-order chi connectivity index (χ1) is 6.25. The van der Waals surface area contributed by atoms with Crippen molar-refractivity contribution in [1.82, 2.24) is 0 Å². The molecule has 0 saturated heterocycles. The molecular weight excluding hydrogens is 160 g/mol. The normalized spacial score (nSPS) is 23.7. The number of carbonyl (C=O) groups is 1. The van der Waals surface area contributed by atoms with Crippen LogP contribution in [-0.2, 0) is 4.79 Å². The Kier molecular flexibility index (Phi) is 4.20. The van der Waals surface area contributed by atoms with Gasteiger partial charge in [-0.2, -0.15) is 0 Å². The molecule has 0 unspecified atom stereocenters. The molecule has 0 radical (unpaired) electrons. The Labute approximate surface area is 81.2 Å². The zero-order valence-electron chi connectivity index (χ0n) is 8.86. The van der Waals surface area contributed by atoms with Crippen LogP contribution in [-0.4, -0.2) is 5.78 Å². The number of Topliss-reactive ketones (excluding diaryl/α,β-unsaturated/α-hetero) is 1. The van der Waals surface area contributed by atoms with Gasteiger partial charge in [-0.1, -0.05) is 25.3 Å². The van der Waals surface area contributed by atoms with Crippen LogP contribution in [0.2, 0.25) is 0 Å². The van der Waals surface area contributed by atoms with Crippen LogP contribution in [0, 0.1) is 0 Å². The van der Waals surface area contributed by atoms with E-state index in [1.165, 1.54) is 24.8 Å². The standard InChI is InChI=1S/C12H20O/c1-3-10(2)11-8-6-4-5-7-9-12(11)13/h3-9H2,1-2H3/b11-10+. The van der Waals surface area contributed by atoms with Crippen molar-refractivity contribution in [3.63, 3.8) is 0 Å². The summed E-state index contributed by atoms with van der Waals surface area (Å²) in [6.45, 7) is 4.24. The van der Waals surface area contributed by atoms with E-state index in [0.717, 1.165) is 31.3 Å². The summed E-state index contributed by atoms with van der Waals surface area (Å²) in [6.07, 6.45) is 7.68. The van der Waals surface area contributed by atoms with E-state index < -0.39 is 0 Å². The van der Waals surface area contributed by atoms with Crippen molar-refractivity contribution in [2.75, 3.05) is 0 Å². The van der Waals surface area contributed by atoms with Gasteiger partial charge in [-0.25, -0.2) is 0 Å². The zero-order valence-corrected chi connectivity index (χ0v) is 8.86. The molecule has 0 aliphatic heterocycles. The van der Waals surface area contributed by atoms with Gasteiger partial charge in [-0.15, -0.1) is 0 Å². The van der Waals surface area contributed by atoms with Gasteiger partial charge in [0.15, 0.2) is 5.78 Å². The molecule has 0 bridgehead atoms. The van der Waals surface area contributed by atoms with Crippen LogP contribution in [0.5, 0.6) is 0 Å². The maximum Gasteiger partial charge on any atom is 0.158 e. The fraction of sp³-hybridized carbons (Fsp3) is 0.750. The topological polar surface area (TPSA) is 17.1 Å². The van der Waals surface area contributed by atoms with Crippen LogP contribution in [0.25, 0.3) is 0 Å². The third-order valence-corrected chi connectivity index (χ3v) is 2.96. The van der Waals surface area contributed by atoms with Crippen LogP contribution >= 0.6 is 0 Å². The summed E-state index contributed by atoms with van der Waals surface area (Å²) in [6, 6.07) is 0. The Bertz CT molecular complexity index is 213. The van der Waals surface area contributed by atoms with Crippen molar-refractivity contribution in [3.05, 3.63) is 11.1 Å². The van der Waals surface area contributed by atoms with Gasteiger partial charge in [0.05, 0.1) is 0 Å². The Morgan fingerprint density at radius 1 is 1.15 bits per heavy atom. The minimum atomic E-state index is 0.416. The molecule has 0 aromatic carbocycles. The monoisotopic (exact) mass is 180 g/mol. The van der Waals surface area contributed by atoms with Gasteiger partial charge in [0.1, 0.15) is 0 Å². The molecule has 0 spiro atoms. The van der Waals surface area contributed by atoms with Gasteiger partial charge >= 0.3 is 0 Å². The molecule has 1 fully saturated rings. The van der Waals surface area contributed by atoms with Crippen LogP contribution in [0.3, 0.4) is 0 Å². The fourth-order valence-corrected chi connectivity index (χ4v) is 1.90. The molecule has 0 N–H and O–H groups in total. The number of hydrogen-bond acceptors (Lipinski definition) is 1. The van der Waals surface area contributed by atoms with E-state index >= 15 is 0 Å². The van der Waals surface area contributed by atoms with Crippen LogP contribution < -0.4 is 0 Å². The molecule has 1 rings (SSSR count). The van der Waals surface area contributed by atoms with E-state index in [-0.39, 0.29) is 0 Å². The molecule has 1 aliphatic carbocycles. The molecule has 0 atom stereocenters. The zero-order chi connectivity index (χ0) is 9.68. The van der Waals surface area contributed by atoms with Crippen molar-refractivity contribution in [1.29, 1.82) is 0 Å². The van der Waals surface area contributed by atoms with Crippen molar-refractivity contribution in [3.8, 4) is 0 Å². The third-order valence-electron chi connectivity index (χ3n) is 2.96. The SMILES string of the molecule is CC/C(C)=C1\CCCCCCC1=O. The van der Waals surface area contributed by atoms with Crippen molar-refractivity contribution >= 4 is 5.78 Å². The van der Waals surface area contributed by atoms with Crippen LogP contribution in [0.1, 0.15) is 58.8 Å². The second-order valence-corrected chi connectivity index (χ2v) is 3.95. The van der Waals surface area contributed by atoms with E-state index in [0.29, 0.717) is 5.78 Å². The number of hydrogen-bond donors (Lipinski definition) is 0. The summed E-state index contributed by atoms with van der Waals surface area (Å²) in [5, 5.41) is 0. The molecule has 74 valence electrons. The Hall–Kier alpha value is -0.590. The lowest BCUT2D eigenvalue weighted by atomic mass is 9.91. The van der Waals surface area contributed by atoms with Crippen molar-refractivity contribution in [2.24, 2.45) is 0 Å². The highest BCUT2D eigenvalue weighted by molar-refractivity contribution is 5.96. The summed E-state index contributed by atoms with van der Waals surface area (Å²) < 4.78 is 0. The van der Waals surface area contributed by atoms with Gasteiger partial charge in [0.25, 0.3) is 0 Å². The molecule has 1 nitrogen and oxygen atoms in total. The second-order valence-electron chi connectivity index (χ2n) is 3.95. The fourth-order valence-electron chi connectivity index (χ4n) is 1.90. The Balaban J connectivity index is 2.72. The van der Waals surface area contributed by atoms with Crippen molar-refractivity contribution < 1.29 is 4.79 Å². The first kappa shape index (κ1) is 10.5.